The summed E-state index contributed by atoms with van der Waals surface area (Å²) in [4.78, 5) is 11.5. The van der Waals surface area contributed by atoms with Crippen LogP contribution in [0.15, 0.2) is 12.3 Å². The van der Waals surface area contributed by atoms with Crippen LogP contribution in [0.25, 0.3) is 0 Å². The normalized spacial score (nSPS) is 10.5. The average molecular weight is 238 g/mol. The van der Waals surface area contributed by atoms with E-state index in [-0.39, 0.29) is 5.97 Å². The Morgan fingerprint density at radius 3 is 2.71 bits per heavy atom. The van der Waals surface area contributed by atoms with Crippen LogP contribution in [0.5, 0.6) is 0 Å². The van der Waals surface area contributed by atoms with Crippen LogP contribution in [0.2, 0.25) is 0 Å². The Bertz CT molecular complexity index is 358. The minimum absolute atomic E-state index is 0.324. The topological polar surface area (TPSA) is 57.2 Å². The van der Waals surface area contributed by atoms with E-state index >= 15 is 0 Å². The lowest BCUT2D eigenvalue weighted by atomic mass is 10.1. The summed E-state index contributed by atoms with van der Waals surface area (Å²) in [5, 5.41) is 0. The molecule has 96 valence electrons. The van der Waals surface area contributed by atoms with Crippen molar-refractivity contribution in [2.45, 2.75) is 45.6 Å². The number of nitrogens with zero attached hydrogens (tertiary/aromatic N) is 1. The number of ether oxygens (including phenoxy) is 1. The summed E-state index contributed by atoms with van der Waals surface area (Å²) in [6.07, 6.45) is 7.82. The van der Waals surface area contributed by atoms with Crippen molar-refractivity contribution in [1.82, 2.24) is 4.57 Å². The van der Waals surface area contributed by atoms with Crippen molar-refractivity contribution >= 4 is 11.7 Å². The standard InChI is InChI=1S/C13H22N2O2/c1-3-4-5-6-7-8-15-10-11(14)9-12(15)13(16)17-2/h9-10H,3-8,14H2,1-2H3. The van der Waals surface area contributed by atoms with Gasteiger partial charge >= 0.3 is 5.97 Å². The Labute approximate surface area is 103 Å². The maximum absolute atomic E-state index is 11.5. The molecule has 0 aliphatic rings. The number of rotatable bonds is 7. The quantitative estimate of drug-likeness (QED) is 0.587. The van der Waals surface area contributed by atoms with E-state index in [1.807, 2.05) is 4.57 Å². The maximum atomic E-state index is 11.5. The molecule has 1 rings (SSSR count). The Morgan fingerprint density at radius 2 is 2.06 bits per heavy atom. The van der Waals surface area contributed by atoms with E-state index in [0.29, 0.717) is 11.4 Å². The van der Waals surface area contributed by atoms with Gasteiger partial charge in [0.15, 0.2) is 0 Å². The Morgan fingerprint density at radius 1 is 1.35 bits per heavy atom. The molecular formula is C13H22N2O2. The van der Waals surface area contributed by atoms with Crippen LogP contribution < -0.4 is 5.73 Å². The fourth-order valence-corrected chi connectivity index (χ4v) is 1.88. The molecule has 0 aliphatic heterocycles. The minimum Gasteiger partial charge on any atom is -0.464 e. The first-order valence-electron chi connectivity index (χ1n) is 6.23. The summed E-state index contributed by atoms with van der Waals surface area (Å²) in [6, 6.07) is 1.66. The third-order valence-corrected chi connectivity index (χ3v) is 2.81. The highest BCUT2D eigenvalue weighted by Crippen LogP contribution is 2.13. The number of anilines is 1. The van der Waals surface area contributed by atoms with Crippen molar-refractivity contribution in [2.24, 2.45) is 0 Å². The molecule has 0 amide bonds. The molecule has 0 bridgehead atoms. The van der Waals surface area contributed by atoms with Crippen molar-refractivity contribution in [3.8, 4) is 0 Å². The van der Waals surface area contributed by atoms with E-state index in [0.717, 1.165) is 13.0 Å². The number of carbonyl (C=O) groups excluding carboxylic acids is 1. The second-order valence-electron chi connectivity index (χ2n) is 4.26. The minimum atomic E-state index is -0.324. The van der Waals surface area contributed by atoms with Crippen LogP contribution in [0.4, 0.5) is 5.69 Å². The molecule has 4 nitrogen and oxygen atoms in total. The van der Waals surface area contributed by atoms with E-state index in [1.165, 1.54) is 32.8 Å². The van der Waals surface area contributed by atoms with Crippen molar-refractivity contribution in [3.05, 3.63) is 18.0 Å². The molecule has 17 heavy (non-hydrogen) atoms. The summed E-state index contributed by atoms with van der Waals surface area (Å²) < 4.78 is 6.60. The molecule has 0 spiro atoms. The van der Waals surface area contributed by atoms with Gasteiger partial charge in [-0.15, -0.1) is 0 Å². The van der Waals surface area contributed by atoms with Gasteiger partial charge in [0, 0.05) is 12.7 Å². The van der Waals surface area contributed by atoms with Gasteiger partial charge in [-0.25, -0.2) is 4.79 Å². The molecule has 2 N–H and O–H groups in total. The second kappa shape index (κ2) is 6.99. The van der Waals surface area contributed by atoms with E-state index in [4.69, 9.17) is 10.5 Å². The number of methoxy groups -OCH3 is 1. The number of esters is 1. The number of hydrogen-bond donors (Lipinski definition) is 1. The molecule has 1 aromatic rings. The van der Waals surface area contributed by atoms with E-state index < -0.39 is 0 Å². The molecule has 0 atom stereocenters. The molecule has 0 aliphatic carbocycles. The Hall–Kier alpha value is -1.45. The van der Waals surface area contributed by atoms with E-state index in [1.54, 1.807) is 12.3 Å². The van der Waals surface area contributed by atoms with Crippen LogP contribution >= 0.6 is 0 Å². The molecule has 0 unspecified atom stereocenters. The molecule has 0 saturated heterocycles. The number of aryl methyl sites for hydroxylation is 1. The monoisotopic (exact) mass is 238 g/mol. The van der Waals surface area contributed by atoms with Gasteiger partial charge < -0.3 is 15.0 Å². The first kappa shape index (κ1) is 13.6. The summed E-state index contributed by atoms with van der Waals surface area (Å²) in [5.41, 5.74) is 6.85. The Kier molecular flexibility index (Phi) is 5.60. The molecular weight excluding hydrogens is 216 g/mol. The first-order valence-corrected chi connectivity index (χ1v) is 6.23. The van der Waals surface area contributed by atoms with E-state index in [9.17, 15) is 4.79 Å². The van der Waals surface area contributed by atoms with E-state index in [2.05, 4.69) is 6.92 Å². The molecule has 0 aromatic carbocycles. The molecule has 1 aromatic heterocycles. The lowest BCUT2D eigenvalue weighted by molar-refractivity contribution is 0.0588. The van der Waals surface area contributed by atoms with Crippen LogP contribution in [0.1, 0.15) is 49.5 Å². The molecule has 1 heterocycles. The third kappa shape index (κ3) is 4.13. The number of aromatic nitrogens is 1. The van der Waals surface area contributed by atoms with Gasteiger partial charge in [-0.1, -0.05) is 32.6 Å². The smallest absolute Gasteiger partial charge is 0.354 e. The maximum Gasteiger partial charge on any atom is 0.354 e. The first-order chi connectivity index (χ1) is 8.19. The van der Waals surface area contributed by atoms with Gasteiger partial charge in [-0.2, -0.15) is 0 Å². The highest BCUT2D eigenvalue weighted by Gasteiger charge is 2.12. The summed E-state index contributed by atoms with van der Waals surface area (Å²) in [7, 11) is 1.39. The number of nitrogen functional groups attached to an aromatic ring is 1. The fraction of sp³-hybridized carbons (Fsp3) is 0.615. The van der Waals surface area contributed by atoms with Gasteiger partial charge in [0.25, 0.3) is 0 Å². The van der Waals surface area contributed by atoms with Gasteiger partial charge in [-0.05, 0) is 12.5 Å². The Balaban J connectivity index is 2.49. The van der Waals surface area contributed by atoms with Gasteiger partial charge in [0.2, 0.25) is 0 Å². The third-order valence-electron chi connectivity index (χ3n) is 2.81. The van der Waals surface area contributed by atoms with Crippen molar-refractivity contribution < 1.29 is 9.53 Å². The van der Waals surface area contributed by atoms with Crippen molar-refractivity contribution in [1.29, 1.82) is 0 Å². The van der Waals surface area contributed by atoms with Crippen LogP contribution in [-0.4, -0.2) is 17.6 Å². The average Bonchev–Trinajstić information content (AvgIpc) is 2.69. The number of unbranched alkanes of at least 4 members (excludes halogenated alkanes) is 4. The van der Waals surface area contributed by atoms with Crippen LogP contribution in [0.3, 0.4) is 0 Å². The zero-order valence-corrected chi connectivity index (χ0v) is 10.7. The van der Waals surface area contributed by atoms with Gasteiger partial charge in [0.1, 0.15) is 5.69 Å². The summed E-state index contributed by atoms with van der Waals surface area (Å²) in [5.74, 6) is -0.324. The van der Waals surface area contributed by atoms with Gasteiger partial charge in [-0.3, -0.25) is 0 Å². The molecule has 0 saturated carbocycles. The van der Waals surface area contributed by atoms with Crippen molar-refractivity contribution in [3.63, 3.8) is 0 Å². The molecule has 0 fully saturated rings. The van der Waals surface area contributed by atoms with Crippen LogP contribution in [-0.2, 0) is 11.3 Å². The second-order valence-corrected chi connectivity index (χ2v) is 4.26. The zero-order chi connectivity index (χ0) is 12.7. The van der Waals surface area contributed by atoms with Crippen LogP contribution in [0, 0.1) is 0 Å². The fourth-order valence-electron chi connectivity index (χ4n) is 1.88. The SMILES string of the molecule is CCCCCCCn1cc(N)cc1C(=O)OC. The summed E-state index contributed by atoms with van der Waals surface area (Å²) >= 11 is 0. The highest BCUT2D eigenvalue weighted by atomic mass is 16.5. The highest BCUT2D eigenvalue weighted by molar-refractivity contribution is 5.88. The predicted molar refractivity (Wildman–Crippen MR) is 68.9 cm³/mol. The number of nitrogens with two attached hydrogens (primary N) is 1. The lowest BCUT2D eigenvalue weighted by Crippen LogP contribution is -2.10. The lowest BCUT2D eigenvalue weighted by Gasteiger charge is -2.07. The van der Waals surface area contributed by atoms with Gasteiger partial charge in [0.05, 0.1) is 12.8 Å². The molecule has 4 heteroatoms. The number of carbonyl (C=O) groups is 1. The largest absolute Gasteiger partial charge is 0.464 e. The summed E-state index contributed by atoms with van der Waals surface area (Å²) in [6.45, 7) is 3.02. The number of hydrogen-bond acceptors (Lipinski definition) is 3. The predicted octanol–water partition coefficient (Wildman–Crippen LogP) is 2.83. The molecule has 0 radical (unpaired) electrons. The van der Waals surface area contributed by atoms with Crippen molar-refractivity contribution in [2.75, 3.05) is 12.8 Å². The zero-order valence-electron chi connectivity index (χ0n) is 10.7.